The van der Waals surface area contributed by atoms with Crippen molar-refractivity contribution in [2.75, 3.05) is 5.43 Å². The maximum absolute atomic E-state index is 12.4. The molecule has 2 amide bonds. The van der Waals surface area contributed by atoms with Gasteiger partial charge in [-0.15, -0.1) is 10.2 Å². The number of amides is 2. The topological polar surface area (TPSA) is 124 Å². The van der Waals surface area contributed by atoms with E-state index in [0.29, 0.717) is 5.76 Å². The van der Waals surface area contributed by atoms with E-state index in [0.717, 1.165) is 5.56 Å². The summed E-state index contributed by atoms with van der Waals surface area (Å²) in [7, 11) is 0. The van der Waals surface area contributed by atoms with Crippen molar-refractivity contribution in [3.05, 3.63) is 84.3 Å². The van der Waals surface area contributed by atoms with E-state index >= 15 is 0 Å². The van der Waals surface area contributed by atoms with E-state index in [-0.39, 0.29) is 30.6 Å². The molecular formula is C20H17N5O5. The minimum Gasteiger partial charge on any atom is -0.461 e. The van der Waals surface area contributed by atoms with Gasteiger partial charge in [0.1, 0.15) is 6.61 Å². The fourth-order valence-electron chi connectivity index (χ4n) is 2.60. The van der Waals surface area contributed by atoms with Gasteiger partial charge in [-0.1, -0.05) is 30.3 Å². The number of ether oxygens (including phenoxy) is 1. The van der Waals surface area contributed by atoms with Gasteiger partial charge in [-0.2, -0.15) is 0 Å². The second-order valence-corrected chi connectivity index (χ2v) is 6.09. The quantitative estimate of drug-likeness (QED) is 0.482. The Kier molecular flexibility index (Phi) is 5.56. The summed E-state index contributed by atoms with van der Waals surface area (Å²) in [5, 5.41) is 10.7. The van der Waals surface area contributed by atoms with Gasteiger partial charge < -0.3 is 18.9 Å². The monoisotopic (exact) mass is 407 g/mol. The Morgan fingerprint density at radius 3 is 2.50 bits per heavy atom. The lowest BCUT2D eigenvalue weighted by Crippen LogP contribution is -2.30. The summed E-state index contributed by atoms with van der Waals surface area (Å²) >= 11 is 0. The molecule has 0 fully saturated rings. The van der Waals surface area contributed by atoms with Crippen molar-refractivity contribution in [3.8, 4) is 11.6 Å². The van der Waals surface area contributed by atoms with Crippen LogP contribution in [0, 0.1) is 0 Å². The van der Waals surface area contributed by atoms with Crippen molar-refractivity contribution in [3.63, 3.8) is 0 Å². The molecular weight excluding hydrogens is 390 g/mol. The van der Waals surface area contributed by atoms with Crippen LogP contribution in [0.25, 0.3) is 11.6 Å². The van der Waals surface area contributed by atoms with Crippen LogP contribution >= 0.6 is 0 Å². The first-order valence-corrected chi connectivity index (χ1v) is 8.98. The highest BCUT2D eigenvalue weighted by Crippen LogP contribution is 2.18. The summed E-state index contributed by atoms with van der Waals surface area (Å²) in [6, 6.07) is 15.8. The Labute approximate surface area is 170 Å². The fourth-order valence-corrected chi connectivity index (χ4v) is 2.60. The lowest BCUT2D eigenvalue weighted by Gasteiger charge is -2.11. The number of benzene rings is 1. The summed E-state index contributed by atoms with van der Waals surface area (Å²) < 4.78 is 17.0. The second kappa shape index (κ2) is 8.78. The Morgan fingerprint density at radius 1 is 0.967 bits per heavy atom. The van der Waals surface area contributed by atoms with Crippen LogP contribution in [0.2, 0.25) is 0 Å². The molecule has 1 aromatic carbocycles. The largest absolute Gasteiger partial charge is 0.461 e. The van der Waals surface area contributed by atoms with Crippen molar-refractivity contribution < 1.29 is 23.2 Å². The van der Waals surface area contributed by atoms with E-state index < -0.39 is 12.0 Å². The number of hydrogen-bond acceptors (Lipinski definition) is 7. The highest BCUT2D eigenvalue weighted by atomic mass is 16.5. The van der Waals surface area contributed by atoms with Gasteiger partial charge in [0.25, 0.3) is 0 Å². The van der Waals surface area contributed by atoms with Gasteiger partial charge in [0.15, 0.2) is 17.3 Å². The van der Waals surface area contributed by atoms with Gasteiger partial charge in [-0.25, -0.2) is 9.47 Å². The van der Waals surface area contributed by atoms with Crippen LogP contribution in [0.3, 0.4) is 0 Å². The van der Waals surface area contributed by atoms with Gasteiger partial charge in [-0.05, 0) is 29.8 Å². The molecule has 0 saturated heterocycles. The number of aromatic nitrogens is 3. The minimum atomic E-state index is -0.634. The molecule has 0 bridgehead atoms. The number of rotatable bonds is 7. The second-order valence-electron chi connectivity index (χ2n) is 6.09. The van der Waals surface area contributed by atoms with Gasteiger partial charge in [0.05, 0.1) is 19.1 Å². The Balaban J connectivity index is 1.45. The highest BCUT2D eigenvalue weighted by Gasteiger charge is 2.20. The highest BCUT2D eigenvalue weighted by molar-refractivity contribution is 5.97. The minimum absolute atomic E-state index is 0.0419. The first-order valence-electron chi connectivity index (χ1n) is 8.98. The third kappa shape index (κ3) is 4.38. The van der Waals surface area contributed by atoms with E-state index in [9.17, 15) is 9.59 Å². The maximum atomic E-state index is 12.4. The SMILES string of the molecule is O=C(NCc1nnc(-c2ccco2)n1NC(=O)c1ccco1)OCc1ccccc1. The van der Waals surface area contributed by atoms with Crippen LogP contribution in [0.15, 0.2) is 76.0 Å². The van der Waals surface area contributed by atoms with Crippen molar-refractivity contribution in [2.45, 2.75) is 13.2 Å². The molecule has 3 heterocycles. The predicted octanol–water partition coefficient (Wildman–Crippen LogP) is 2.94. The molecule has 4 rings (SSSR count). The normalized spacial score (nSPS) is 10.5. The molecule has 10 nitrogen and oxygen atoms in total. The first kappa shape index (κ1) is 19.0. The first-order chi connectivity index (χ1) is 14.7. The van der Waals surface area contributed by atoms with Crippen LogP contribution in [0.4, 0.5) is 4.79 Å². The van der Waals surface area contributed by atoms with E-state index in [4.69, 9.17) is 13.6 Å². The molecule has 0 aliphatic carbocycles. The van der Waals surface area contributed by atoms with Crippen molar-refractivity contribution in [2.24, 2.45) is 0 Å². The number of nitrogens with one attached hydrogen (secondary N) is 2. The summed E-state index contributed by atoms with van der Waals surface area (Å²) in [5.74, 6) is 0.503. The number of carbonyl (C=O) groups is 2. The molecule has 0 saturated carbocycles. The smallest absolute Gasteiger partial charge is 0.407 e. The molecule has 0 aliphatic rings. The third-order valence-electron chi connectivity index (χ3n) is 4.03. The van der Waals surface area contributed by atoms with Gasteiger partial charge in [0.2, 0.25) is 5.82 Å². The molecule has 0 radical (unpaired) electrons. The zero-order valence-corrected chi connectivity index (χ0v) is 15.6. The van der Waals surface area contributed by atoms with Gasteiger partial charge in [0, 0.05) is 0 Å². The molecule has 30 heavy (non-hydrogen) atoms. The molecule has 0 spiro atoms. The molecule has 2 N–H and O–H groups in total. The average molecular weight is 407 g/mol. The van der Waals surface area contributed by atoms with Gasteiger partial charge in [-0.3, -0.25) is 10.2 Å². The van der Waals surface area contributed by atoms with Crippen molar-refractivity contribution >= 4 is 12.0 Å². The Morgan fingerprint density at radius 2 is 1.77 bits per heavy atom. The molecule has 10 heteroatoms. The fraction of sp³-hybridized carbons (Fsp3) is 0.100. The molecule has 0 aliphatic heterocycles. The number of alkyl carbamates (subject to hydrolysis) is 1. The van der Waals surface area contributed by atoms with E-state index in [2.05, 4.69) is 20.9 Å². The molecule has 3 aromatic heterocycles. The summed E-state index contributed by atoms with van der Waals surface area (Å²) in [6.45, 7) is 0.0893. The zero-order valence-electron chi connectivity index (χ0n) is 15.6. The molecule has 0 unspecified atom stereocenters. The number of nitrogens with zero attached hydrogens (tertiary/aromatic N) is 3. The standard InChI is InChI=1S/C20H17N5O5/c26-19(16-9-5-11-29-16)24-25-17(22-23-18(25)15-8-4-10-28-15)12-21-20(27)30-13-14-6-2-1-3-7-14/h1-11H,12-13H2,(H,21,27)(H,24,26). The van der Waals surface area contributed by atoms with Crippen LogP contribution < -0.4 is 10.7 Å². The van der Waals surface area contributed by atoms with Crippen molar-refractivity contribution in [1.29, 1.82) is 0 Å². The average Bonchev–Trinajstić information content (AvgIpc) is 3.53. The van der Waals surface area contributed by atoms with Crippen molar-refractivity contribution in [1.82, 2.24) is 20.2 Å². The molecule has 4 aromatic rings. The predicted molar refractivity (Wildman–Crippen MR) is 104 cm³/mol. The number of furan rings is 2. The van der Waals surface area contributed by atoms with Crippen LogP contribution in [0.5, 0.6) is 0 Å². The van der Waals surface area contributed by atoms with E-state index in [1.54, 1.807) is 18.2 Å². The lowest BCUT2D eigenvalue weighted by molar-refractivity contribution is 0.0981. The maximum Gasteiger partial charge on any atom is 0.407 e. The van der Waals surface area contributed by atoms with Gasteiger partial charge >= 0.3 is 12.0 Å². The summed E-state index contributed by atoms with van der Waals surface area (Å²) in [6.07, 6.45) is 2.23. The third-order valence-corrected chi connectivity index (χ3v) is 4.03. The zero-order chi connectivity index (χ0) is 20.8. The Bertz CT molecular complexity index is 1100. The Hall–Kier alpha value is -4.34. The van der Waals surface area contributed by atoms with Crippen LogP contribution in [-0.2, 0) is 17.9 Å². The molecule has 152 valence electrons. The summed E-state index contributed by atoms with van der Waals surface area (Å²) in [5.41, 5.74) is 3.50. The van der Waals surface area contributed by atoms with E-state index in [1.165, 1.54) is 23.3 Å². The van der Waals surface area contributed by atoms with Crippen LogP contribution in [0.1, 0.15) is 21.9 Å². The lowest BCUT2D eigenvalue weighted by atomic mass is 10.2. The van der Waals surface area contributed by atoms with E-state index in [1.807, 2.05) is 30.3 Å². The summed E-state index contributed by atoms with van der Waals surface area (Å²) in [4.78, 5) is 24.5. The van der Waals surface area contributed by atoms with Crippen LogP contribution in [-0.4, -0.2) is 26.9 Å². The number of hydrogen-bond donors (Lipinski definition) is 2. The molecule has 0 atom stereocenters. The number of carbonyl (C=O) groups excluding carboxylic acids is 2.